The minimum atomic E-state index is -0.155. The predicted molar refractivity (Wildman–Crippen MR) is 97.6 cm³/mol. The maximum Gasteiger partial charge on any atom is 0.255 e. The van der Waals surface area contributed by atoms with Crippen LogP contribution < -0.4 is 19.7 Å². The molecule has 1 fully saturated rings. The first-order valence-electron chi connectivity index (χ1n) is 8.75. The van der Waals surface area contributed by atoms with E-state index in [0.29, 0.717) is 17.1 Å². The van der Waals surface area contributed by atoms with Gasteiger partial charge in [0.25, 0.3) is 5.91 Å². The topological polar surface area (TPSA) is 50.8 Å². The average molecular weight is 338 g/mol. The fourth-order valence-electron chi connectivity index (χ4n) is 3.26. The molecule has 0 atom stereocenters. The molecule has 0 radical (unpaired) electrons. The molecule has 0 spiro atoms. The molecule has 25 heavy (non-hydrogen) atoms. The van der Waals surface area contributed by atoms with Crippen LogP contribution in [-0.2, 0) is 0 Å². The third-order valence-electron chi connectivity index (χ3n) is 4.91. The highest BCUT2D eigenvalue weighted by molar-refractivity contribution is 6.04. The van der Waals surface area contributed by atoms with Gasteiger partial charge in [0.05, 0.1) is 0 Å². The molecule has 0 aliphatic carbocycles. The van der Waals surface area contributed by atoms with Crippen molar-refractivity contribution in [2.24, 2.45) is 5.92 Å². The standard InChI is InChI=1S/C20H22N2O3/c1-14-8-10-22(11-9-14)17-5-3-16(4-6-17)21-20(23)15-2-7-18-19(12-15)25-13-24-18/h2-7,12,14H,8-11,13H2,1H3,(H,21,23). The number of nitrogens with zero attached hydrogens (tertiary/aromatic N) is 1. The monoisotopic (exact) mass is 338 g/mol. The summed E-state index contributed by atoms with van der Waals surface area (Å²) in [4.78, 5) is 14.8. The normalized spacial score (nSPS) is 16.8. The maximum absolute atomic E-state index is 12.4. The van der Waals surface area contributed by atoms with Crippen LogP contribution in [0.5, 0.6) is 11.5 Å². The van der Waals surface area contributed by atoms with Crippen molar-refractivity contribution >= 4 is 17.3 Å². The second kappa shape index (κ2) is 6.67. The lowest BCUT2D eigenvalue weighted by molar-refractivity contribution is 0.102. The number of amides is 1. The zero-order valence-corrected chi connectivity index (χ0v) is 14.3. The second-order valence-electron chi connectivity index (χ2n) is 6.74. The zero-order chi connectivity index (χ0) is 17.2. The number of piperidine rings is 1. The molecule has 1 N–H and O–H groups in total. The van der Waals surface area contributed by atoms with Crippen molar-refractivity contribution in [1.29, 1.82) is 0 Å². The molecule has 0 saturated carbocycles. The minimum absolute atomic E-state index is 0.155. The number of carbonyl (C=O) groups is 1. The van der Waals surface area contributed by atoms with Crippen molar-refractivity contribution in [2.75, 3.05) is 30.1 Å². The van der Waals surface area contributed by atoms with Crippen molar-refractivity contribution in [3.8, 4) is 11.5 Å². The third kappa shape index (κ3) is 3.40. The number of rotatable bonds is 3. The van der Waals surface area contributed by atoms with Crippen LogP contribution in [0.4, 0.5) is 11.4 Å². The summed E-state index contributed by atoms with van der Waals surface area (Å²) in [5.74, 6) is 1.95. The molecule has 2 aromatic rings. The van der Waals surface area contributed by atoms with Gasteiger partial charge >= 0.3 is 0 Å². The molecular weight excluding hydrogens is 316 g/mol. The lowest BCUT2D eigenvalue weighted by atomic mass is 9.99. The number of hydrogen-bond acceptors (Lipinski definition) is 4. The molecular formula is C20H22N2O3. The van der Waals surface area contributed by atoms with Crippen LogP contribution in [0.15, 0.2) is 42.5 Å². The fourth-order valence-corrected chi connectivity index (χ4v) is 3.26. The Morgan fingerprint density at radius 2 is 1.76 bits per heavy atom. The molecule has 2 heterocycles. The minimum Gasteiger partial charge on any atom is -0.454 e. The van der Waals surface area contributed by atoms with E-state index < -0.39 is 0 Å². The Bertz CT molecular complexity index is 765. The van der Waals surface area contributed by atoms with E-state index in [2.05, 4.69) is 29.3 Å². The van der Waals surface area contributed by atoms with E-state index in [-0.39, 0.29) is 12.7 Å². The van der Waals surface area contributed by atoms with E-state index >= 15 is 0 Å². The maximum atomic E-state index is 12.4. The number of hydrogen-bond donors (Lipinski definition) is 1. The molecule has 1 saturated heterocycles. The molecule has 2 aliphatic heterocycles. The zero-order valence-electron chi connectivity index (χ0n) is 14.3. The smallest absolute Gasteiger partial charge is 0.255 e. The Hall–Kier alpha value is -2.69. The summed E-state index contributed by atoms with van der Waals surface area (Å²) in [5.41, 5.74) is 2.56. The average Bonchev–Trinajstić information content (AvgIpc) is 3.11. The van der Waals surface area contributed by atoms with E-state index in [1.165, 1.54) is 18.5 Å². The van der Waals surface area contributed by atoms with E-state index in [0.717, 1.165) is 24.7 Å². The first-order chi connectivity index (χ1) is 12.2. The van der Waals surface area contributed by atoms with Gasteiger partial charge in [-0.3, -0.25) is 4.79 Å². The summed E-state index contributed by atoms with van der Waals surface area (Å²) in [6.45, 7) is 4.72. The Morgan fingerprint density at radius 3 is 2.52 bits per heavy atom. The van der Waals surface area contributed by atoms with E-state index in [4.69, 9.17) is 9.47 Å². The summed E-state index contributed by atoms with van der Waals surface area (Å²) in [5, 5.41) is 2.93. The first-order valence-corrected chi connectivity index (χ1v) is 8.75. The van der Waals surface area contributed by atoms with Crippen LogP contribution in [-0.4, -0.2) is 25.8 Å². The van der Waals surface area contributed by atoms with Gasteiger partial charge in [0.15, 0.2) is 11.5 Å². The fraction of sp³-hybridized carbons (Fsp3) is 0.350. The predicted octanol–water partition coefficient (Wildman–Crippen LogP) is 3.90. The van der Waals surface area contributed by atoms with E-state index in [1.807, 2.05) is 12.1 Å². The highest BCUT2D eigenvalue weighted by Gasteiger charge is 2.17. The lowest BCUT2D eigenvalue weighted by Crippen LogP contribution is -2.32. The van der Waals surface area contributed by atoms with Crippen LogP contribution in [0.25, 0.3) is 0 Å². The summed E-state index contributed by atoms with van der Waals surface area (Å²) < 4.78 is 10.6. The summed E-state index contributed by atoms with van der Waals surface area (Å²) in [7, 11) is 0. The van der Waals surface area contributed by atoms with Gasteiger partial charge in [0, 0.05) is 30.0 Å². The number of carbonyl (C=O) groups excluding carboxylic acids is 1. The van der Waals surface area contributed by atoms with Gasteiger partial charge in [-0.05, 0) is 61.2 Å². The Balaban J connectivity index is 1.41. The van der Waals surface area contributed by atoms with Gasteiger partial charge in [0.1, 0.15) is 0 Å². The van der Waals surface area contributed by atoms with Crippen molar-refractivity contribution in [3.05, 3.63) is 48.0 Å². The highest BCUT2D eigenvalue weighted by Crippen LogP contribution is 2.32. The second-order valence-corrected chi connectivity index (χ2v) is 6.74. The number of fused-ring (bicyclic) bond motifs is 1. The van der Waals surface area contributed by atoms with E-state index in [1.54, 1.807) is 18.2 Å². The molecule has 2 aliphatic rings. The van der Waals surface area contributed by atoms with Crippen LogP contribution in [0.3, 0.4) is 0 Å². The van der Waals surface area contributed by atoms with Crippen molar-refractivity contribution in [1.82, 2.24) is 0 Å². The summed E-state index contributed by atoms with van der Waals surface area (Å²) >= 11 is 0. The molecule has 1 amide bonds. The molecule has 5 heteroatoms. The molecule has 0 aromatic heterocycles. The van der Waals surface area contributed by atoms with Gasteiger partial charge in [0.2, 0.25) is 6.79 Å². The number of ether oxygens (including phenoxy) is 2. The molecule has 130 valence electrons. The molecule has 2 aromatic carbocycles. The van der Waals surface area contributed by atoms with Crippen molar-refractivity contribution in [2.45, 2.75) is 19.8 Å². The van der Waals surface area contributed by atoms with Crippen molar-refractivity contribution < 1.29 is 14.3 Å². The number of nitrogens with one attached hydrogen (secondary N) is 1. The van der Waals surface area contributed by atoms with Gasteiger partial charge in [-0.15, -0.1) is 0 Å². The van der Waals surface area contributed by atoms with Gasteiger partial charge in [-0.2, -0.15) is 0 Å². The number of anilines is 2. The van der Waals surface area contributed by atoms with Gasteiger partial charge in [-0.25, -0.2) is 0 Å². The molecule has 0 bridgehead atoms. The lowest BCUT2D eigenvalue weighted by Gasteiger charge is -2.32. The van der Waals surface area contributed by atoms with Crippen LogP contribution >= 0.6 is 0 Å². The van der Waals surface area contributed by atoms with Crippen molar-refractivity contribution in [3.63, 3.8) is 0 Å². The summed E-state index contributed by atoms with van der Waals surface area (Å²) in [6, 6.07) is 13.3. The first kappa shape index (κ1) is 15.8. The Morgan fingerprint density at radius 1 is 1.04 bits per heavy atom. The molecule has 5 nitrogen and oxygen atoms in total. The van der Waals surface area contributed by atoms with Gasteiger partial charge < -0.3 is 19.7 Å². The largest absolute Gasteiger partial charge is 0.454 e. The van der Waals surface area contributed by atoms with E-state index in [9.17, 15) is 4.79 Å². The Labute approximate surface area is 147 Å². The summed E-state index contributed by atoms with van der Waals surface area (Å²) in [6.07, 6.45) is 2.48. The quantitative estimate of drug-likeness (QED) is 0.922. The van der Waals surface area contributed by atoms with Gasteiger partial charge in [-0.1, -0.05) is 6.92 Å². The third-order valence-corrected chi connectivity index (χ3v) is 4.91. The van der Waals surface area contributed by atoms with Crippen LogP contribution in [0, 0.1) is 5.92 Å². The Kier molecular flexibility index (Phi) is 4.22. The SMILES string of the molecule is CC1CCN(c2ccc(NC(=O)c3ccc4c(c3)OCO4)cc2)CC1. The van der Waals surface area contributed by atoms with Crippen LogP contribution in [0.2, 0.25) is 0 Å². The number of benzene rings is 2. The van der Waals surface area contributed by atoms with Crippen LogP contribution in [0.1, 0.15) is 30.1 Å². The molecule has 4 rings (SSSR count). The highest BCUT2D eigenvalue weighted by atomic mass is 16.7. The molecule has 0 unspecified atom stereocenters.